The van der Waals surface area contributed by atoms with Crippen LogP contribution in [0.3, 0.4) is 0 Å². The summed E-state index contributed by atoms with van der Waals surface area (Å²) < 4.78 is 0. The van der Waals surface area contributed by atoms with Gasteiger partial charge in [-0.2, -0.15) is 11.8 Å². The summed E-state index contributed by atoms with van der Waals surface area (Å²) in [5.41, 5.74) is 0. The van der Waals surface area contributed by atoms with Crippen molar-refractivity contribution < 1.29 is 4.79 Å². The highest BCUT2D eigenvalue weighted by Crippen LogP contribution is 2.36. The van der Waals surface area contributed by atoms with Gasteiger partial charge in [0, 0.05) is 35.0 Å². The standard InChI is InChI=1S/C17H26N2OS2/c20-17(18-14-6-3-1-2-4-7-14)19-10-9-16(22-13-11-19)15-8-5-12-21-15/h5,8,12,14,16H,1-4,6-7,9-11,13H2,(H,18,20). The predicted octanol–water partition coefficient (Wildman–Crippen LogP) is 4.66. The Balaban J connectivity index is 1.50. The molecule has 1 saturated carbocycles. The zero-order valence-corrected chi connectivity index (χ0v) is 14.8. The van der Waals surface area contributed by atoms with E-state index >= 15 is 0 Å². The monoisotopic (exact) mass is 338 g/mol. The lowest BCUT2D eigenvalue weighted by molar-refractivity contribution is 0.195. The maximum atomic E-state index is 12.5. The van der Waals surface area contributed by atoms with Crippen molar-refractivity contribution in [2.45, 2.75) is 56.2 Å². The summed E-state index contributed by atoms with van der Waals surface area (Å²) in [5, 5.41) is 6.00. The van der Waals surface area contributed by atoms with Gasteiger partial charge in [0.25, 0.3) is 0 Å². The summed E-state index contributed by atoms with van der Waals surface area (Å²) in [7, 11) is 0. The molecule has 3 nitrogen and oxygen atoms in total. The maximum absolute atomic E-state index is 12.5. The normalized spacial score (nSPS) is 24.5. The van der Waals surface area contributed by atoms with E-state index in [1.165, 1.54) is 30.6 Å². The van der Waals surface area contributed by atoms with Crippen molar-refractivity contribution >= 4 is 29.1 Å². The third-order valence-electron chi connectivity index (χ3n) is 4.67. The number of thiophene rings is 1. The van der Waals surface area contributed by atoms with Crippen LogP contribution in [0.5, 0.6) is 0 Å². The highest BCUT2D eigenvalue weighted by Gasteiger charge is 2.24. The molecule has 3 rings (SSSR count). The first kappa shape index (κ1) is 16.2. The second kappa shape index (κ2) is 8.25. The number of hydrogen-bond donors (Lipinski definition) is 1. The Morgan fingerprint density at radius 3 is 2.68 bits per heavy atom. The van der Waals surface area contributed by atoms with E-state index in [1.807, 2.05) is 28.0 Å². The Kier molecular flexibility index (Phi) is 6.07. The van der Waals surface area contributed by atoms with Crippen LogP contribution in [0.25, 0.3) is 0 Å². The zero-order valence-electron chi connectivity index (χ0n) is 13.1. The molecule has 1 unspecified atom stereocenters. The Morgan fingerprint density at radius 2 is 1.95 bits per heavy atom. The lowest BCUT2D eigenvalue weighted by Gasteiger charge is -2.24. The molecule has 1 aliphatic carbocycles. The van der Waals surface area contributed by atoms with Crippen LogP contribution in [-0.4, -0.2) is 35.8 Å². The quantitative estimate of drug-likeness (QED) is 0.795. The number of carbonyl (C=O) groups excluding carboxylic acids is 1. The third kappa shape index (κ3) is 4.42. The van der Waals surface area contributed by atoms with Crippen molar-refractivity contribution in [1.29, 1.82) is 0 Å². The lowest BCUT2D eigenvalue weighted by atomic mass is 10.1. The molecule has 1 aromatic rings. The molecular weight excluding hydrogens is 312 g/mol. The van der Waals surface area contributed by atoms with Crippen molar-refractivity contribution in [3.63, 3.8) is 0 Å². The molecule has 1 aliphatic heterocycles. The highest BCUT2D eigenvalue weighted by atomic mass is 32.2. The second-order valence-electron chi connectivity index (χ2n) is 6.29. The van der Waals surface area contributed by atoms with Gasteiger partial charge < -0.3 is 10.2 Å². The summed E-state index contributed by atoms with van der Waals surface area (Å²) in [6.07, 6.45) is 8.58. The largest absolute Gasteiger partial charge is 0.335 e. The minimum Gasteiger partial charge on any atom is -0.335 e. The molecule has 0 bridgehead atoms. The molecular formula is C17H26N2OS2. The minimum atomic E-state index is 0.166. The van der Waals surface area contributed by atoms with Gasteiger partial charge in [-0.15, -0.1) is 11.3 Å². The fourth-order valence-corrected chi connectivity index (χ4v) is 5.60. The van der Waals surface area contributed by atoms with Crippen molar-refractivity contribution in [2.24, 2.45) is 0 Å². The Morgan fingerprint density at radius 1 is 1.14 bits per heavy atom. The molecule has 2 heterocycles. The van der Waals surface area contributed by atoms with Gasteiger partial charge in [0.15, 0.2) is 0 Å². The van der Waals surface area contributed by atoms with E-state index in [1.54, 1.807) is 0 Å². The number of amides is 2. The predicted molar refractivity (Wildman–Crippen MR) is 95.7 cm³/mol. The number of thioether (sulfide) groups is 1. The van der Waals surface area contributed by atoms with Crippen LogP contribution in [0, 0.1) is 0 Å². The van der Waals surface area contributed by atoms with E-state index in [4.69, 9.17) is 0 Å². The summed E-state index contributed by atoms with van der Waals surface area (Å²) in [4.78, 5) is 16.0. The molecule has 22 heavy (non-hydrogen) atoms. The number of urea groups is 1. The van der Waals surface area contributed by atoms with Crippen LogP contribution in [0.15, 0.2) is 17.5 Å². The zero-order chi connectivity index (χ0) is 15.2. The molecule has 122 valence electrons. The van der Waals surface area contributed by atoms with E-state index in [2.05, 4.69) is 22.8 Å². The van der Waals surface area contributed by atoms with Crippen molar-refractivity contribution in [2.75, 3.05) is 18.8 Å². The number of hydrogen-bond acceptors (Lipinski definition) is 3. The lowest BCUT2D eigenvalue weighted by Crippen LogP contribution is -2.45. The SMILES string of the molecule is O=C(NC1CCCCCC1)N1CCSC(c2cccs2)CC1. The molecule has 0 radical (unpaired) electrons. The van der Waals surface area contributed by atoms with Gasteiger partial charge in [0.05, 0.1) is 0 Å². The number of nitrogens with zero attached hydrogens (tertiary/aromatic N) is 1. The van der Waals surface area contributed by atoms with E-state index < -0.39 is 0 Å². The minimum absolute atomic E-state index is 0.166. The number of rotatable bonds is 2. The van der Waals surface area contributed by atoms with Gasteiger partial charge in [-0.3, -0.25) is 0 Å². The highest BCUT2D eigenvalue weighted by molar-refractivity contribution is 7.99. The molecule has 0 aromatic carbocycles. The van der Waals surface area contributed by atoms with Crippen molar-refractivity contribution in [1.82, 2.24) is 10.2 Å². The van der Waals surface area contributed by atoms with E-state index in [0.29, 0.717) is 11.3 Å². The van der Waals surface area contributed by atoms with Crippen LogP contribution >= 0.6 is 23.1 Å². The van der Waals surface area contributed by atoms with Gasteiger partial charge in [0.1, 0.15) is 0 Å². The van der Waals surface area contributed by atoms with Gasteiger partial charge >= 0.3 is 6.03 Å². The fourth-order valence-electron chi connectivity index (χ4n) is 3.36. The number of carbonyl (C=O) groups is 1. The molecule has 1 N–H and O–H groups in total. The van der Waals surface area contributed by atoms with Gasteiger partial charge in [-0.05, 0) is 30.7 Å². The summed E-state index contributed by atoms with van der Waals surface area (Å²) in [6, 6.07) is 4.92. The van der Waals surface area contributed by atoms with Gasteiger partial charge in [-0.1, -0.05) is 31.7 Å². The molecule has 0 spiro atoms. The molecule has 2 amide bonds. The second-order valence-corrected chi connectivity index (χ2v) is 8.58. The summed E-state index contributed by atoms with van der Waals surface area (Å²) >= 11 is 3.84. The average Bonchev–Trinajstić information content (AvgIpc) is 2.79. The average molecular weight is 339 g/mol. The molecule has 1 saturated heterocycles. The molecule has 1 atom stereocenters. The van der Waals surface area contributed by atoms with Crippen LogP contribution in [0.2, 0.25) is 0 Å². The van der Waals surface area contributed by atoms with E-state index in [9.17, 15) is 4.79 Å². The maximum Gasteiger partial charge on any atom is 0.317 e. The Bertz CT molecular complexity index is 455. The van der Waals surface area contributed by atoms with Crippen LogP contribution < -0.4 is 5.32 Å². The molecule has 2 fully saturated rings. The van der Waals surface area contributed by atoms with Gasteiger partial charge in [0.2, 0.25) is 0 Å². The first-order valence-electron chi connectivity index (χ1n) is 8.53. The Hall–Kier alpha value is -0.680. The number of nitrogens with one attached hydrogen (secondary N) is 1. The third-order valence-corrected chi connectivity index (χ3v) is 7.12. The van der Waals surface area contributed by atoms with Gasteiger partial charge in [-0.25, -0.2) is 4.79 Å². The summed E-state index contributed by atoms with van der Waals surface area (Å²) in [6.45, 7) is 1.76. The van der Waals surface area contributed by atoms with Crippen molar-refractivity contribution in [3.05, 3.63) is 22.4 Å². The van der Waals surface area contributed by atoms with Crippen LogP contribution in [-0.2, 0) is 0 Å². The van der Waals surface area contributed by atoms with Crippen LogP contribution in [0.1, 0.15) is 55.1 Å². The summed E-state index contributed by atoms with van der Waals surface area (Å²) in [5.74, 6) is 1.04. The fraction of sp³-hybridized carbons (Fsp3) is 0.706. The van der Waals surface area contributed by atoms with Crippen molar-refractivity contribution in [3.8, 4) is 0 Å². The van der Waals surface area contributed by atoms with Crippen LogP contribution in [0.4, 0.5) is 4.79 Å². The Labute approximate surface area is 141 Å². The van der Waals surface area contributed by atoms with E-state index in [0.717, 1.165) is 38.1 Å². The topological polar surface area (TPSA) is 32.3 Å². The first-order valence-corrected chi connectivity index (χ1v) is 10.5. The smallest absolute Gasteiger partial charge is 0.317 e. The van der Waals surface area contributed by atoms with E-state index in [-0.39, 0.29) is 6.03 Å². The molecule has 1 aromatic heterocycles. The first-order chi connectivity index (χ1) is 10.8. The molecule has 5 heteroatoms. The molecule has 2 aliphatic rings.